The van der Waals surface area contributed by atoms with Crippen molar-refractivity contribution in [3.63, 3.8) is 0 Å². The van der Waals surface area contributed by atoms with Crippen LogP contribution in [0.15, 0.2) is 48.1 Å². The van der Waals surface area contributed by atoms with Crippen molar-refractivity contribution in [3.05, 3.63) is 59.5 Å². The Labute approximate surface area is 134 Å². The van der Waals surface area contributed by atoms with Gasteiger partial charge < -0.3 is 4.57 Å². The van der Waals surface area contributed by atoms with Gasteiger partial charge in [0.05, 0.1) is 11.4 Å². The fourth-order valence-corrected chi connectivity index (χ4v) is 3.82. The summed E-state index contributed by atoms with van der Waals surface area (Å²) in [7, 11) is 0. The van der Waals surface area contributed by atoms with Crippen LogP contribution in [0.4, 0.5) is 0 Å². The van der Waals surface area contributed by atoms with Crippen LogP contribution in [0.3, 0.4) is 0 Å². The first-order valence-corrected chi connectivity index (χ1v) is 8.44. The summed E-state index contributed by atoms with van der Waals surface area (Å²) < 4.78 is 2.35. The minimum Gasteiger partial charge on any atom is -0.349 e. The predicted octanol–water partition coefficient (Wildman–Crippen LogP) is 3.58. The third-order valence-corrected chi connectivity index (χ3v) is 5.18. The smallest absolute Gasteiger partial charge is 0.142 e. The molecular formula is C17H18N4S. The maximum Gasteiger partial charge on any atom is 0.142 e. The van der Waals surface area contributed by atoms with E-state index in [4.69, 9.17) is 4.98 Å². The van der Waals surface area contributed by atoms with Crippen molar-refractivity contribution in [2.75, 3.05) is 6.54 Å². The van der Waals surface area contributed by atoms with Gasteiger partial charge in [0.1, 0.15) is 5.01 Å². The minimum absolute atomic E-state index is 0.434. The van der Waals surface area contributed by atoms with E-state index in [1.165, 1.54) is 5.69 Å². The zero-order chi connectivity index (χ0) is 14.9. The van der Waals surface area contributed by atoms with Gasteiger partial charge in [0.25, 0.3) is 0 Å². The summed E-state index contributed by atoms with van der Waals surface area (Å²) in [6, 6.07) is 10.7. The van der Waals surface area contributed by atoms with Crippen LogP contribution in [0, 0.1) is 0 Å². The van der Waals surface area contributed by atoms with Gasteiger partial charge in [-0.15, -0.1) is 11.3 Å². The Bertz CT molecular complexity index is 762. The summed E-state index contributed by atoms with van der Waals surface area (Å²) in [4.78, 5) is 11.6. The molecular weight excluding hydrogens is 292 g/mol. The lowest BCUT2D eigenvalue weighted by atomic mass is 10.1. The molecule has 4 heterocycles. The van der Waals surface area contributed by atoms with Gasteiger partial charge >= 0.3 is 0 Å². The number of hydrogen-bond acceptors (Lipinski definition) is 4. The maximum absolute atomic E-state index is 4.76. The average Bonchev–Trinajstić information content (AvgIpc) is 3.20. The fraction of sp³-hybridized carbons (Fsp3) is 0.294. The molecule has 1 atom stereocenters. The highest BCUT2D eigenvalue weighted by Gasteiger charge is 2.24. The van der Waals surface area contributed by atoms with Crippen molar-refractivity contribution >= 4 is 11.3 Å². The SMILES string of the molecule is C[C@H]1c2cccn2CCN1Cc1csc(-c2ccccn2)n1. The Morgan fingerprint density at radius 2 is 2.18 bits per heavy atom. The molecule has 0 radical (unpaired) electrons. The van der Waals surface area contributed by atoms with Gasteiger partial charge in [0.15, 0.2) is 0 Å². The zero-order valence-electron chi connectivity index (χ0n) is 12.5. The van der Waals surface area contributed by atoms with Crippen LogP contribution in [0.2, 0.25) is 0 Å². The largest absolute Gasteiger partial charge is 0.349 e. The van der Waals surface area contributed by atoms with Gasteiger partial charge in [-0.3, -0.25) is 9.88 Å². The van der Waals surface area contributed by atoms with E-state index >= 15 is 0 Å². The Kier molecular flexibility index (Phi) is 3.52. The van der Waals surface area contributed by atoms with E-state index in [9.17, 15) is 0 Å². The van der Waals surface area contributed by atoms with E-state index in [1.54, 1.807) is 11.3 Å². The highest BCUT2D eigenvalue weighted by Crippen LogP contribution is 2.28. The zero-order valence-corrected chi connectivity index (χ0v) is 13.3. The lowest BCUT2D eigenvalue weighted by molar-refractivity contribution is 0.159. The van der Waals surface area contributed by atoms with Crippen LogP contribution in [-0.2, 0) is 13.1 Å². The van der Waals surface area contributed by atoms with E-state index in [0.29, 0.717) is 6.04 Å². The third-order valence-electron chi connectivity index (χ3n) is 4.27. The molecule has 3 aromatic rings. The number of thiazole rings is 1. The van der Waals surface area contributed by atoms with Crippen molar-refractivity contribution in [1.82, 2.24) is 19.4 Å². The van der Waals surface area contributed by atoms with Gasteiger partial charge in [-0.05, 0) is 31.2 Å². The first-order valence-electron chi connectivity index (χ1n) is 7.56. The standard InChI is InChI=1S/C17H18N4S/c1-13-16-6-4-8-20(16)9-10-21(13)11-14-12-22-17(19-14)15-5-2-3-7-18-15/h2-8,12-13H,9-11H2,1H3/t13-/m0/s1. The van der Waals surface area contributed by atoms with Crippen LogP contribution in [0.5, 0.6) is 0 Å². The summed E-state index contributed by atoms with van der Waals surface area (Å²) in [5.74, 6) is 0. The Morgan fingerprint density at radius 1 is 1.23 bits per heavy atom. The van der Waals surface area contributed by atoms with Gasteiger partial charge in [-0.1, -0.05) is 6.07 Å². The summed E-state index contributed by atoms with van der Waals surface area (Å²) >= 11 is 1.67. The monoisotopic (exact) mass is 310 g/mol. The van der Waals surface area contributed by atoms with Crippen molar-refractivity contribution < 1.29 is 0 Å². The van der Waals surface area contributed by atoms with Crippen LogP contribution >= 0.6 is 11.3 Å². The predicted molar refractivity (Wildman–Crippen MR) is 88.6 cm³/mol. The van der Waals surface area contributed by atoms with Crippen LogP contribution in [-0.4, -0.2) is 26.0 Å². The molecule has 1 aliphatic heterocycles. The van der Waals surface area contributed by atoms with Crippen LogP contribution in [0.1, 0.15) is 24.4 Å². The summed E-state index contributed by atoms with van der Waals surface area (Å²) in [6.45, 7) is 5.30. The Balaban J connectivity index is 1.52. The lowest BCUT2D eigenvalue weighted by Gasteiger charge is -2.34. The van der Waals surface area contributed by atoms with E-state index in [0.717, 1.165) is 36.0 Å². The highest BCUT2D eigenvalue weighted by molar-refractivity contribution is 7.13. The molecule has 0 bridgehead atoms. The summed E-state index contributed by atoms with van der Waals surface area (Å²) in [5.41, 5.74) is 3.49. The lowest BCUT2D eigenvalue weighted by Crippen LogP contribution is -2.35. The number of nitrogens with zero attached hydrogens (tertiary/aromatic N) is 4. The molecule has 112 valence electrons. The first-order chi connectivity index (χ1) is 10.8. The second kappa shape index (κ2) is 5.66. The molecule has 0 N–H and O–H groups in total. The molecule has 0 saturated carbocycles. The molecule has 0 spiro atoms. The van der Waals surface area contributed by atoms with Crippen molar-refractivity contribution in [2.45, 2.75) is 26.1 Å². The normalized spacial score (nSPS) is 18.3. The van der Waals surface area contributed by atoms with E-state index < -0.39 is 0 Å². The second-order valence-corrected chi connectivity index (χ2v) is 6.49. The molecule has 0 amide bonds. The Hall–Kier alpha value is -1.98. The molecule has 0 aliphatic carbocycles. The molecule has 3 aromatic heterocycles. The number of aromatic nitrogens is 3. The minimum atomic E-state index is 0.434. The molecule has 4 rings (SSSR count). The number of hydrogen-bond donors (Lipinski definition) is 0. The quantitative estimate of drug-likeness (QED) is 0.741. The molecule has 0 fully saturated rings. The third kappa shape index (κ3) is 2.46. The van der Waals surface area contributed by atoms with Crippen LogP contribution in [0.25, 0.3) is 10.7 Å². The summed E-state index contributed by atoms with van der Waals surface area (Å²) in [5, 5.41) is 3.16. The van der Waals surface area contributed by atoms with Crippen molar-refractivity contribution in [2.24, 2.45) is 0 Å². The van der Waals surface area contributed by atoms with E-state index in [2.05, 4.69) is 45.1 Å². The average molecular weight is 310 g/mol. The summed E-state index contributed by atoms with van der Waals surface area (Å²) in [6.07, 6.45) is 3.99. The first kappa shape index (κ1) is 13.7. The topological polar surface area (TPSA) is 34.0 Å². The fourth-order valence-electron chi connectivity index (χ4n) is 3.04. The number of pyridine rings is 1. The molecule has 0 unspecified atom stereocenters. The molecule has 0 aromatic carbocycles. The van der Waals surface area contributed by atoms with Gasteiger partial charge in [0, 0.05) is 49.1 Å². The molecule has 0 saturated heterocycles. The molecule has 4 nitrogen and oxygen atoms in total. The number of rotatable bonds is 3. The highest BCUT2D eigenvalue weighted by atomic mass is 32.1. The van der Waals surface area contributed by atoms with E-state index in [1.807, 2.05) is 24.4 Å². The van der Waals surface area contributed by atoms with Crippen LogP contribution < -0.4 is 0 Å². The molecule has 5 heteroatoms. The Morgan fingerprint density at radius 3 is 3.05 bits per heavy atom. The number of fused-ring (bicyclic) bond motifs is 1. The second-order valence-electron chi connectivity index (χ2n) is 5.63. The maximum atomic E-state index is 4.76. The van der Waals surface area contributed by atoms with E-state index in [-0.39, 0.29) is 0 Å². The molecule has 22 heavy (non-hydrogen) atoms. The van der Waals surface area contributed by atoms with Crippen molar-refractivity contribution in [3.8, 4) is 10.7 Å². The van der Waals surface area contributed by atoms with Gasteiger partial charge in [0.2, 0.25) is 0 Å². The van der Waals surface area contributed by atoms with Gasteiger partial charge in [-0.25, -0.2) is 4.98 Å². The van der Waals surface area contributed by atoms with Gasteiger partial charge in [-0.2, -0.15) is 0 Å². The molecule has 1 aliphatic rings. The van der Waals surface area contributed by atoms with Crippen molar-refractivity contribution in [1.29, 1.82) is 0 Å².